The van der Waals surface area contributed by atoms with E-state index >= 15 is 17.6 Å². The van der Waals surface area contributed by atoms with Crippen molar-refractivity contribution < 1.29 is 17.6 Å². The summed E-state index contributed by atoms with van der Waals surface area (Å²) >= 11 is 1.92. The van der Waals surface area contributed by atoms with Crippen LogP contribution < -0.4 is 9.80 Å². The van der Waals surface area contributed by atoms with E-state index in [1.54, 1.807) is 12.1 Å². The lowest BCUT2D eigenvalue weighted by atomic mass is 9.51. The maximum absolute atomic E-state index is 16.1. The van der Waals surface area contributed by atoms with Gasteiger partial charge in [0.2, 0.25) is 0 Å². The van der Waals surface area contributed by atoms with Crippen molar-refractivity contribution in [3.63, 3.8) is 0 Å². The van der Waals surface area contributed by atoms with Gasteiger partial charge in [-0.2, -0.15) is 0 Å². The molecule has 0 bridgehead atoms. The second-order valence-corrected chi connectivity index (χ2v) is 28.7. The van der Waals surface area contributed by atoms with Gasteiger partial charge in [0.1, 0.15) is 6.17 Å². The first-order valence-corrected chi connectivity index (χ1v) is 33.7. The van der Waals surface area contributed by atoms with Gasteiger partial charge in [-0.3, -0.25) is 0 Å². The van der Waals surface area contributed by atoms with Crippen LogP contribution in [0.15, 0.2) is 275 Å². The summed E-state index contributed by atoms with van der Waals surface area (Å²) in [4.78, 5) is 5.95. The number of benzene rings is 3. The first-order valence-electron chi connectivity index (χ1n) is 32.8. The molecule has 15 unspecified atom stereocenters. The van der Waals surface area contributed by atoms with Crippen LogP contribution in [0.4, 0.5) is 28.9 Å². The summed E-state index contributed by atoms with van der Waals surface area (Å²) in [6, 6.07) is 20.4. The van der Waals surface area contributed by atoms with Crippen molar-refractivity contribution in [3.05, 3.63) is 308 Å². The van der Waals surface area contributed by atoms with Crippen LogP contribution in [-0.2, 0) is 10.8 Å². The molecule has 0 saturated heterocycles. The highest BCUT2D eigenvalue weighted by atomic mass is 32.2. The Labute approximate surface area is 529 Å². The first-order chi connectivity index (χ1) is 43.3. The standard InChI is InChI=1S/C82H80F4N2S/c1-7-53-21-25-55(26-22-53)81(71-41-49(3)17-19-51(71)5)69-15-11-9-13-63(69)65-35-29-59(45-73(65)81)87(61-31-37-75(83)77(85)47-61)57-33-39-79-67(43-57)68-44-58(34-40-80(68)89-79)88(62-32-38-76(84)78(86)48-62)60-30-36-66-64-14-10-12-16-70(64)82(74(66)46-60,56-27-23-54(8-2)24-28-56)72-42-50(4)18-20-52(72)6/h7-19,21-23,25,27-31,33,35-37,39,42-44,46-48,52,54-55,59,64-65,67,70-71,73,76,78-79H,1-2,20,24,26,32,34,38,40-41,45H2,3-6H3. The first kappa shape index (κ1) is 58.0. The Morgan fingerprint density at radius 3 is 2.35 bits per heavy atom. The van der Waals surface area contributed by atoms with Crippen molar-refractivity contribution in [2.24, 2.45) is 41.4 Å². The minimum Gasteiger partial charge on any atom is -0.335 e. The second-order valence-electron chi connectivity index (χ2n) is 27.4. The molecule has 452 valence electrons. The monoisotopic (exact) mass is 1200 g/mol. The van der Waals surface area contributed by atoms with Gasteiger partial charge in [0.15, 0.2) is 17.8 Å². The third kappa shape index (κ3) is 9.38. The van der Waals surface area contributed by atoms with Gasteiger partial charge in [-0.05, 0) is 195 Å². The predicted octanol–water partition coefficient (Wildman–Crippen LogP) is 21.0. The second kappa shape index (κ2) is 22.8. The van der Waals surface area contributed by atoms with Crippen molar-refractivity contribution in [2.75, 3.05) is 9.80 Å². The largest absolute Gasteiger partial charge is 0.335 e. The molecule has 15 rings (SSSR count). The zero-order chi connectivity index (χ0) is 61.0. The lowest BCUT2D eigenvalue weighted by molar-refractivity contribution is 0.125. The normalized spacial score (nSPS) is 34.4. The van der Waals surface area contributed by atoms with Crippen LogP contribution in [0.25, 0.3) is 0 Å². The molecule has 0 amide bonds. The molecule has 15 atom stereocenters. The van der Waals surface area contributed by atoms with Crippen LogP contribution in [0.2, 0.25) is 0 Å². The van der Waals surface area contributed by atoms with Gasteiger partial charge in [-0.15, -0.1) is 18.3 Å². The number of rotatable bonds is 12. The van der Waals surface area contributed by atoms with E-state index in [4.69, 9.17) is 0 Å². The summed E-state index contributed by atoms with van der Waals surface area (Å²) in [5.41, 5.74) is 18.2. The molecule has 0 fully saturated rings. The SMILES string of the molecule is C=CC1=CCC(C2(C3CC(C)=CC=C3C)c3ccccc3C3C=CC(N(C4=CC5C6=C(CCC(N(C7=CC(F)C(F)CC7)c7ccc8c(c7)C(C7=CCC(C=C)C=C7)(C7=CC(C)=CCC7C)C7C=CC=CC87)=C6)SC5C=C4)c4ccc(F)c(F)c4)CC32)C=C1. The summed E-state index contributed by atoms with van der Waals surface area (Å²) in [6.45, 7) is 17.5. The van der Waals surface area contributed by atoms with Gasteiger partial charge < -0.3 is 9.80 Å². The number of fused-ring (bicyclic) bond motifs is 8. The molecule has 11 aliphatic carbocycles. The number of anilines is 2. The van der Waals surface area contributed by atoms with Crippen LogP contribution in [0, 0.1) is 53.1 Å². The summed E-state index contributed by atoms with van der Waals surface area (Å²) in [5, 5.41) is 0.120. The minimum atomic E-state index is -1.72. The fourth-order valence-electron chi connectivity index (χ4n) is 18.6. The van der Waals surface area contributed by atoms with E-state index in [9.17, 15) is 0 Å². The molecule has 0 N–H and O–H groups in total. The number of halogens is 4. The Balaban J connectivity index is 0.842. The molecular formula is C82H80F4N2S. The van der Waals surface area contributed by atoms with Gasteiger partial charge in [0.05, 0.1) is 6.04 Å². The van der Waals surface area contributed by atoms with E-state index in [2.05, 4.69) is 215 Å². The van der Waals surface area contributed by atoms with Crippen LogP contribution in [0.3, 0.4) is 0 Å². The molecule has 0 saturated carbocycles. The quantitative estimate of drug-likeness (QED) is 0.132. The van der Waals surface area contributed by atoms with E-state index in [-0.39, 0.29) is 76.4 Å². The van der Waals surface area contributed by atoms with Gasteiger partial charge in [0.25, 0.3) is 0 Å². The molecule has 7 heteroatoms. The molecule has 3 aromatic carbocycles. The van der Waals surface area contributed by atoms with Crippen LogP contribution >= 0.6 is 11.8 Å². The van der Waals surface area contributed by atoms with Gasteiger partial charge >= 0.3 is 0 Å². The average molecular weight is 1200 g/mol. The molecule has 12 aliphatic rings. The van der Waals surface area contributed by atoms with Crippen molar-refractivity contribution in [1.82, 2.24) is 0 Å². The van der Waals surface area contributed by atoms with Gasteiger partial charge in [-0.1, -0.05) is 188 Å². The Bertz CT molecular complexity index is 4020. The molecule has 89 heavy (non-hydrogen) atoms. The Morgan fingerprint density at radius 1 is 0.708 bits per heavy atom. The smallest absolute Gasteiger partial charge is 0.160 e. The van der Waals surface area contributed by atoms with Crippen molar-refractivity contribution in [1.29, 1.82) is 0 Å². The number of thioether (sulfide) groups is 1. The highest BCUT2D eigenvalue weighted by Crippen LogP contribution is 2.67. The summed E-state index contributed by atoms with van der Waals surface area (Å²) in [7, 11) is 0. The highest BCUT2D eigenvalue weighted by molar-refractivity contribution is 8.04. The van der Waals surface area contributed by atoms with E-state index in [0.29, 0.717) is 12.1 Å². The predicted molar refractivity (Wildman–Crippen MR) is 362 cm³/mol. The van der Waals surface area contributed by atoms with Crippen molar-refractivity contribution >= 4 is 23.1 Å². The maximum Gasteiger partial charge on any atom is 0.160 e. The molecule has 2 nitrogen and oxygen atoms in total. The number of allylic oxidation sites excluding steroid dienone is 31. The number of hydrogen-bond donors (Lipinski definition) is 0. The summed E-state index contributed by atoms with van der Waals surface area (Å²) in [6.07, 6.45) is 56.0. The van der Waals surface area contributed by atoms with E-state index in [0.717, 1.165) is 73.3 Å². The Kier molecular flexibility index (Phi) is 14.9. The van der Waals surface area contributed by atoms with E-state index in [1.807, 2.05) is 23.9 Å². The lowest BCUT2D eigenvalue weighted by Crippen LogP contribution is -2.50. The zero-order valence-corrected chi connectivity index (χ0v) is 52.5. The van der Waals surface area contributed by atoms with Gasteiger partial charge in [-0.25, -0.2) is 17.6 Å². The zero-order valence-electron chi connectivity index (χ0n) is 51.7. The molecule has 3 aromatic rings. The van der Waals surface area contributed by atoms with Crippen molar-refractivity contribution in [2.45, 2.75) is 132 Å². The fraction of sp³-hybridized carbons (Fsp3) is 0.341. The Hall–Kier alpha value is -7.35. The molecule has 1 heterocycles. The number of nitrogens with zero attached hydrogens (tertiary/aromatic N) is 2. The highest BCUT2D eigenvalue weighted by Gasteiger charge is 2.61. The molecule has 1 aliphatic heterocycles. The number of alkyl halides is 2. The van der Waals surface area contributed by atoms with Crippen LogP contribution in [0.1, 0.15) is 120 Å². The number of hydrogen-bond acceptors (Lipinski definition) is 3. The molecular weight excluding hydrogens is 1120 g/mol. The maximum atomic E-state index is 16.1. The fourth-order valence-corrected chi connectivity index (χ4v) is 20.0. The van der Waals surface area contributed by atoms with Crippen LogP contribution in [-0.4, -0.2) is 23.6 Å². The molecule has 0 aromatic heterocycles. The Morgan fingerprint density at radius 2 is 1.55 bits per heavy atom. The van der Waals surface area contributed by atoms with E-state index < -0.39 is 29.4 Å². The van der Waals surface area contributed by atoms with Gasteiger partial charge in [0, 0.05) is 74.3 Å². The average Bonchev–Trinajstić information content (AvgIpc) is 1.57. The van der Waals surface area contributed by atoms with E-state index in [1.165, 1.54) is 72.7 Å². The topological polar surface area (TPSA) is 6.48 Å². The third-order valence-corrected chi connectivity index (χ3v) is 24.1. The third-order valence-electron chi connectivity index (χ3n) is 22.7. The molecule has 0 radical (unpaired) electrons. The summed E-state index contributed by atoms with van der Waals surface area (Å²) in [5.74, 6) is -0.141. The van der Waals surface area contributed by atoms with Crippen molar-refractivity contribution in [3.8, 4) is 0 Å². The van der Waals surface area contributed by atoms with Crippen LogP contribution in [0.5, 0.6) is 0 Å². The summed E-state index contributed by atoms with van der Waals surface area (Å²) < 4.78 is 62.7. The lowest BCUT2D eigenvalue weighted by Gasteiger charge is -2.52. The minimum absolute atomic E-state index is 0.0441. The molecule has 0 spiro atoms.